The van der Waals surface area contributed by atoms with Gasteiger partial charge in [0.05, 0.1) is 6.04 Å². The lowest BCUT2D eigenvalue weighted by molar-refractivity contribution is -0.139. The highest BCUT2D eigenvalue weighted by Crippen LogP contribution is 2.32. The smallest absolute Gasteiger partial charge is 0.253 e. The fourth-order valence-corrected chi connectivity index (χ4v) is 4.73. The molecule has 1 atom stereocenters. The molecule has 1 aliphatic heterocycles. The van der Waals surface area contributed by atoms with Gasteiger partial charge in [0, 0.05) is 44.8 Å². The molecule has 0 bridgehead atoms. The number of amides is 2. The van der Waals surface area contributed by atoms with Crippen molar-refractivity contribution in [1.29, 1.82) is 0 Å². The van der Waals surface area contributed by atoms with Crippen LogP contribution in [0.4, 0.5) is 0 Å². The first kappa shape index (κ1) is 20.8. The maximum Gasteiger partial charge on any atom is 0.253 e. The first-order valence-corrected chi connectivity index (χ1v) is 10.9. The van der Waals surface area contributed by atoms with Crippen LogP contribution in [0.25, 0.3) is 0 Å². The van der Waals surface area contributed by atoms with Crippen LogP contribution in [0.3, 0.4) is 0 Å². The van der Waals surface area contributed by atoms with Crippen molar-refractivity contribution in [1.82, 2.24) is 14.7 Å². The molecule has 1 aliphatic carbocycles. The van der Waals surface area contributed by atoms with E-state index in [9.17, 15) is 9.59 Å². The number of carbonyl (C=O) groups is 2. The molecule has 1 heterocycles. The maximum absolute atomic E-state index is 13.3. The molecule has 2 fully saturated rings. The largest absolute Gasteiger partial charge is 0.342 e. The van der Waals surface area contributed by atoms with Crippen molar-refractivity contribution in [2.45, 2.75) is 52.5 Å². The van der Waals surface area contributed by atoms with E-state index in [1.165, 1.54) is 12.8 Å². The standard InChI is InChI=1S/C23H35N3O2/c1-4-24(5-2)23(28)21(19-8-6-7-9-19)25-14-16-26(17-15-25)22(27)20-12-10-18(3)11-13-20/h10-13,19,21H,4-9,14-17H2,1-3H3/t21-/m1/s1. The molecule has 0 unspecified atom stereocenters. The summed E-state index contributed by atoms with van der Waals surface area (Å²) in [4.78, 5) is 32.3. The van der Waals surface area contributed by atoms with Crippen molar-refractivity contribution >= 4 is 11.8 Å². The van der Waals surface area contributed by atoms with E-state index in [1.807, 2.05) is 41.0 Å². The summed E-state index contributed by atoms with van der Waals surface area (Å²) in [6.45, 7) is 10.6. The molecular formula is C23H35N3O2. The first-order chi connectivity index (χ1) is 13.5. The van der Waals surface area contributed by atoms with Gasteiger partial charge >= 0.3 is 0 Å². The average molecular weight is 386 g/mol. The number of carbonyl (C=O) groups excluding carboxylic acids is 2. The van der Waals surface area contributed by atoms with E-state index in [0.29, 0.717) is 19.0 Å². The lowest BCUT2D eigenvalue weighted by atomic mass is 9.94. The SMILES string of the molecule is CCN(CC)C(=O)[C@@H](C1CCCC1)N1CCN(C(=O)c2ccc(C)cc2)CC1. The molecule has 0 spiro atoms. The molecule has 1 aromatic carbocycles. The second-order valence-corrected chi connectivity index (χ2v) is 8.19. The number of benzene rings is 1. The van der Waals surface area contributed by atoms with Gasteiger partial charge in [-0.15, -0.1) is 0 Å². The minimum Gasteiger partial charge on any atom is -0.342 e. The Hall–Kier alpha value is -1.88. The third-order valence-corrected chi connectivity index (χ3v) is 6.47. The van der Waals surface area contributed by atoms with E-state index in [2.05, 4.69) is 18.7 Å². The molecule has 5 nitrogen and oxygen atoms in total. The van der Waals surface area contributed by atoms with Crippen LogP contribution in [0.15, 0.2) is 24.3 Å². The fraction of sp³-hybridized carbons (Fsp3) is 0.652. The van der Waals surface area contributed by atoms with Gasteiger partial charge in [0.2, 0.25) is 5.91 Å². The zero-order valence-electron chi connectivity index (χ0n) is 17.7. The summed E-state index contributed by atoms with van der Waals surface area (Å²) in [5, 5.41) is 0. The van der Waals surface area contributed by atoms with Crippen molar-refractivity contribution in [3.8, 4) is 0 Å². The lowest BCUT2D eigenvalue weighted by Crippen LogP contribution is -2.58. The highest BCUT2D eigenvalue weighted by atomic mass is 16.2. The molecule has 28 heavy (non-hydrogen) atoms. The van der Waals surface area contributed by atoms with E-state index in [1.54, 1.807) is 0 Å². The third kappa shape index (κ3) is 4.57. The molecule has 1 aromatic rings. The van der Waals surface area contributed by atoms with E-state index < -0.39 is 0 Å². The van der Waals surface area contributed by atoms with Gasteiger partial charge < -0.3 is 9.80 Å². The number of aryl methyl sites for hydroxylation is 1. The number of nitrogens with zero attached hydrogens (tertiary/aromatic N) is 3. The van der Waals surface area contributed by atoms with Crippen molar-refractivity contribution in [2.24, 2.45) is 5.92 Å². The highest BCUT2D eigenvalue weighted by molar-refractivity contribution is 5.94. The van der Waals surface area contributed by atoms with Crippen molar-refractivity contribution in [3.63, 3.8) is 0 Å². The zero-order valence-corrected chi connectivity index (χ0v) is 17.7. The van der Waals surface area contributed by atoms with E-state index in [-0.39, 0.29) is 17.9 Å². The predicted octanol–water partition coefficient (Wildman–Crippen LogP) is 3.18. The van der Waals surface area contributed by atoms with Crippen LogP contribution < -0.4 is 0 Å². The third-order valence-electron chi connectivity index (χ3n) is 6.47. The van der Waals surface area contributed by atoms with Gasteiger partial charge in [-0.1, -0.05) is 30.5 Å². The van der Waals surface area contributed by atoms with Crippen LogP contribution in [-0.4, -0.2) is 71.8 Å². The molecule has 1 saturated carbocycles. The summed E-state index contributed by atoms with van der Waals surface area (Å²) < 4.78 is 0. The van der Waals surface area contributed by atoms with E-state index in [4.69, 9.17) is 0 Å². The second-order valence-electron chi connectivity index (χ2n) is 8.19. The highest BCUT2D eigenvalue weighted by Gasteiger charge is 2.38. The summed E-state index contributed by atoms with van der Waals surface area (Å²) >= 11 is 0. The lowest BCUT2D eigenvalue weighted by Gasteiger charge is -2.42. The Morgan fingerprint density at radius 2 is 1.57 bits per heavy atom. The predicted molar refractivity (Wildman–Crippen MR) is 112 cm³/mol. The van der Waals surface area contributed by atoms with Gasteiger partial charge in [0.15, 0.2) is 0 Å². The summed E-state index contributed by atoms with van der Waals surface area (Å²) in [6, 6.07) is 7.79. The van der Waals surface area contributed by atoms with Gasteiger partial charge in [-0.05, 0) is 51.7 Å². The summed E-state index contributed by atoms with van der Waals surface area (Å²) in [5.74, 6) is 0.856. The van der Waals surface area contributed by atoms with E-state index in [0.717, 1.165) is 50.1 Å². The van der Waals surface area contributed by atoms with Gasteiger partial charge in [-0.2, -0.15) is 0 Å². The fourth-order valence-electron chi connectivity index (χ4n) is 4.73. The molecule has 0 aromatic heterocycles. The number of piperazine rings is 1. The van der Waals surface area contributed by atoms with Crippen LogP contribution >= 0.6 is 0 Å². The van der Waals surface area contributed by atoms with Crippen molar-refractivity contribution < 1.29 is 9.59 Å². The van der Waals surface area contributed by atoms with Crippen LogP contribution in [-0.2, 0) is 4.79 Å². The summed E-state index contributed by atoms with van der Waals surface area (Å²) in [6.07, 6.45) is 4.78. The maximum atomic E-state index is 13.3. The molecule has 0 N–H and O–H groups in total. The number of hydrogen-bond donors (Lipinski definition) is 0. The van der Waals surface area contributed by atoms with Crippen LogP contribution in [0.5, 0.6) is 0 Å². The Bertz CT molecular complexity index is 655. The summed E-state index contributed by atoms with van der Waals surface area (Å²) in [7, 11) is 0. The minimum absolute atomic E-state index is 0.0148. The topological polar surface area (TPSA) is 43.9 Å². The summed E-state index contributed by atoms with van der Waals surface area (Å²) in [5.41, 5.74) is 1.92. The molecular weight excluding hydrogens is 350 g/mol. The first-order valence-electron chi connectivity index (χ1n) is 10.9. The number of likely N-dealkylation sites (N-methyl/N-ethyl adjacent to an activating group) is 1. The van der Waals surface area contributed by atoms with Gasteiger partial charge in [0.1, 0.15) is 0 Å². The number of hydrogen-bond acceptors (Lipinski definition) is 3. The van der Waals surface area contributed by atoms with Crippen molar-refractivity contribution in [2.75, 3.05) is 39.3 Å². The van der Waals surface area contributed by atoms with Crippen LogP contribution in [0.2, 0.25) is 0 Å². The quantitative estimate of drug-likeness (QED) is 0.755. The minimum atomic E-state index is -0.0148. The van der Waals surface area contributed by atoms with Gasteiger partial charge in [-0.25, -0.2) is 0 Å². The average Bonchev–Trinajstić information content (AvgIpc) is 3.24. The Kier molecular flexibility index (Phi) is 7.11. The second kappa shape index (κ2) is 9.55. The molecule has 1 saturated heterocycles. The Balaban J connectivity index is 1.66. The Morgan fingerprint density at radius 1 is 1.00 bits per heavy atom. The molecule has 2 aliphatic rings. The van der Waals surface area contributed by atoms with E-state index >= 15 is 0 Å². The van der Waals surface area contributed by atoms with Gasteiger partial charge in [-0.3, -0.25) is 14.5 Å². The normalized spacial score (nSPS) is 19.6. The molecule has 2 amide bonds. The van der Waals surface area contributed by atoms with Gasteiger partial charge in [0.25, 0.3) is 5.91 Å². The van der Waals surface area contributed by atoms with Crippen LogP contribution in [0, 0.1) is 12.8 Å². The van der Waals surface area contributed by atoms with Crippen molar-refractivity contribution in [3.05, 3.63) is 35.4 Å². The molecule has 3 rings (SSSR count). The zero-order chi connectivity index (χ0) is 20.1. The monoisotopic (exact) mass is 385 g/mol. The number of rotatable bonds is 6. The molecule has 154 valence electrons. The van der Waals surface area contributed by atoms with Crippen LogP contribution in [0.1, 0.15) is 55.5 Å². The Labute approximate surface area is 169 Å². The molecule has 5 heteroatoms. The molecule has 0 radical (unpaired) electrons. The Morgan fingerprint density at radius 3 is 2.11 bits per heavy atom.